The van der Waals surface area contributed by atoms with Crippen LogP contribution < -0.4 is 9.47 Å². The van der Waals surface area contributed by atoms with Crippen molar-refractivity contribution >= 4 is 11.8 Å². The zero-order valence-electron chi connectivity index (χ0n) is 18.1. The van der Waals surface area contributed by atoms with E-state index in [9.17, 15) is 9.59 Å². The number of hydrogen-bond acceptors (Lipinski definition) is 6. The maximum atomic E-state index is 12.9. The van der Waals surface area contributed by atoms with Crippen molar-refractivity contribution in [3.8, 4) is 22.8 Å². The van der Waals surface area contributed by atoms with E-state index in [1.165, 1.54) is 12.8 Å². The average Bonchev–Trinajstić information content (AvgIpc) is 3.50. The van der Waals surface area contributed by atoms with Gasteiger partial charge in [0.1, 0.15) is 11.5 Å². The fraction of sp³-hybridized carbons (Fsp3) is 0.522. The van der Waals surface area contributed by atoms with E-state index in [4.69, 9.17) is 14.0 Å². The van der Waals surface area contributed by atoms with Gasteiger partial charge in [0.25, 0.3) is 5.91 Å². The molecule has 4 rings (SSSR count). The summed E-state index contributed by atoms with van der Waals surface area (Å²) < 4.78 is 16.1. The van der Waals surface area contributed by atoms with Crippen LogP contribution in [0, 0.1) is 5.92 Å². The van der Waals surface area contributed by atoms with Crippen LogP contribution in [0.5, 0.6) is 11.5 Å². The highest BCUT2D eigenvalue weighted by Crippen LogP contribution is 2.34. The summed E-state index contributed by atoms with van der Waals surface area (Å²) in [7, 11) is 3.15. The van der Waals surface area contributed by atoms with Crippen LogP contribution in [0.25, 0.3) is 11.3 Å². The number of methoxy groups -OCH3 is 2. The fourth-order valence-electron chi connectivity index (χ4n) is 4.42. The molecule has 8 nitrogen and oxygen atoms in total. The van der Waals surface area contributed by atoms with Gasteiger partial charge in [-0.1, -0.05) is 18.0 Å². The van der Waals surface area contributed by atoms with Crippen LogP contribution in [-0.2, 0) is 4.79 Å². The summed E-state index contributed by atoms with van der Waals surface area (Å²) in [5.74, 6) is 2.25. The molecule has 1 aromatic carbocycles. The topological polar surface area (TPSA) is 85.1 Å². The molecule has 1 aromatic heterocycles. The van der Waals surface area contributed by atoms with Crippen LogP contribution in [0.3, 0.4) is 0 Å². The third-order valence-electron chi connectivity index (χ3n) is 6.26. The quantitative estimate of drug-likeness (QED) is 0.704. The van der Waals surface area contributed by atoms with E-state index in [2.05, 4.69) is 5.16 Å². The highest BCUT2D eigenvalue weighted by molar-refractivity contribution is 5.93. The fourth-order valence-corrected chi connectivity index (χ4v) is 4.42. The molecule has 2 heterocycles. The second kappa shape index (κ2) is 9.41. The van der Waals surface area contributed by atoms with E-state index in [0.717, 1.165) is 12.8 Å². The van der Waals surface area contributed by atoms with E-state index in [1.54, 1.807) is 43.4 Å². The number of ether oxygens (including phenoxy) is 2. The van der Waals surface area contributed by atoms with Crippen molar-refractivity contribution in [2.75, 3.05) is 40.4 Å². The lowest BCUT2D eigenvalue weighted by molar-refractivity contribution is -0.133. The molecule has 8 heteroatoms. The molecule has 1 aliphatic heterocycles. The lowest BCUT2D eigenvalue weighted by Crippen LogP contribution is -2.50. The maximum Gasteiger partial charge on any atom is 0.276 e. The van der Waals surface area contributed by atoms with Crippen LogP contribution in [-0.4, -0.2) is 67.2 Å². The second-order valence-corrected chi connectivity index (χ2v) is 8.17. The SMILES string of the molecule is COc1ccc(OC)c(-c2cc(C(=O)N3CCN(C(=O)CC4CCCC4)CC3)no2)c1. The Morgan fingerprint density at radius 3 is 2.42 bits per heavy atom. The summed E-state index contributed by atoms with van der Waals surface area (Å²) in [6.45, 7) is 2.12. The Kier molecular flexibility index (Phi) is 6.44. The number of carbonyl (C=O) groups excluding carboxylic acids is 2. The van der Waals surface area contributed by atoms with E-state index in [0.29, 0.717) is 61.3 Å². The minimum Gasteiger partial charge on any atom is -0.497 e. The van der Waals surface area contributed by atoms with E-state index in [1.807, 2.05) is 4.90 Å². The third-order valence-corrected chi connectivity index (χ3v) is 6.26. The minimum absolute atomic E-state index is 0.195. The Morgan fingerprint density at radius 2 is 1.74 bits per heavy atom. The summed E-state index contributed by atoms with van der Waals surface area (Å²) >= 11 is 0. The first-order valence-electron chi connectivity index (χ1n) is 10.8. The van der Waals surface area contributed by atoms with Crippen molar-refractivity contribution in [1.29, 1.82) is 0 Å². The van der Waals surface area contributed by atoms with Crippen LogP contribution >= 0.6 is 0 Å². The summed E-state index contributed by atoms with van der Waals surface area (Å²) in [6.07, 6.45) is 5.44. The molecule has 1 aliphatic carbocycles. The Hall–Kier alpha value is -3.03. The molecule has 0 atom stereocenters. The molecule has 0 bridgehead atoms. The minimum atomic E-state index is -0.195. The molecular weight excluding hydrogens is 398 g/mol. The van der Waals surface area contributed by atoms with Gasteiger partial charge in [0, 0.05) is 38.7 Å². The average molecular weight is 428 g/mol. The van der Waals surface area contributed by atoms with Gasteiger partial charge in [-0.15, -0.1) is 0 Å². The van der Waals surface area contributed by atoms with Crippen molar-refractivity contribution in [3.05, 3.63) is 30.0 Å². The van der Waals surface area contributed by atoms with Gasteiger partial charge < -0.3 is 23.8 Å². The monoisotopic (exact) mass is 427 g/mol. The molecule has 2 aromatic rings. The zero-order chi connectivity index (χ0) is 21.8. The van der Waals surface area contributed by atoms with E-state index < -0.39 is 0 Å². The Labute approximate surface area is 182 Å². The number of nitrogens with zero attached hydrogens (tertiary/aromatic N) is 3. The summed E-state index contributed by atoms with van der Waals surface area (Å²) in [5.41, 5.74) is 0.904. The van der Waals surface area contributed by atoms with Gasteiger partial charge in [0.05, 0.1) is 19.8 Å². The standard InChI is InChI=1S/C23H29N3O5/c1-29-17-7-8-20(30-2)18(14-17)21-15-19(24-31-21)23(28)26-11-9-25(10-12-26)22(27)13-16-5-3-4-6-16/h7-8,14-16H,3-6,9-13H2,1-2H3. The predicted molar refractivity (Wildman–Crippen MR) is 114 cm³/mol. The van der Waals surface area contributed by atoms with E-state index in [-0.39, 0.29) is 17.5 Å². The summed E-state index contributed by atoms with van der Waals surface area (Å²) in [4.78, 5) is 29.1. The Bertz CT molecular complexity index is 927. The van der Waals surface area contributed by atoms with E-state index >= 15 is 0 Å². The molecule has 0 N–H and O–H groups in total. The molecule has 1 saturated carbocycles. The van der Waals surface area contributed by atoms with Gasteiger partial charge in [-0.2, -0.15) is 0 Å². The number of rotatable bonds is 6. The Morgan fingerprint density at radius 1 is 1.03 bits per heavy atom. The lowest BCUT2D eigenvalue weighted by atomic mass is 10.0. The number of carbonyl (C=O) groups is 2. The van der Waals surface area contributed by atoms with Gasteiger partial charge in [0.15, 0.2) is 11.5 Å². The summed E-state index contributed by atoms with van der Waals surface area (Å²) in [5, 5.41) is 3.98. The van der Waals surface area contributed by atoms with Crippen molar-refractivity contribution in [2.45, 2.75) is 32.1 Å². The van der Waals surface area contributed by atoms with Gasteiger partial charge in [-0.3, -0.25) is 9.59 Å². The smallest absolute Gasteiger partial charge is 0.276 e. The molecule has 2 aliphatic rings. The zero-order valence-corrected chi connectivity index (χ0v) is 18.1. The third kappa shape index (κ3) is 4.68. The number of aromatic nitrogens is 1. The van der Waals surface area contributed by atoms with Crippen LogP contribution in [0.4, 0.5) is 0 Å². The number of amides is 2. The van der Waals surface area contributed by atoms with Crippen LogP contribution in [0.1, 0.15) is 42.6 Å². The maximum absolute atomic E-state index is 12.9. The Balaban J connectivity index is 1.38. The van der Waals surface area contributed by atoms with Crippen molar-refractivity contribution < 1.29 is 23.6 Å². The van der Waals surface area contributed by atoms with Gasteiger partial charge >= 0.3 is 0 Å². The second-order valence-electron chi connectivity index (χ2n) is 8.17. The highest BCUT2D eigenvalue weighted by Gasteiger charge is 2.28. The molecule has 1 saturated heterocycles. The van der Waals surface area contributed by atoms with Crippen molar-refractivity contribution in [3.63, 3.8) is 0 Å². The summed E-state index contributed by atoms with van der Waals surface area (Å²) in [6, 6.07) is 6.97. The van der Waals surface area contributed by atoms with Gasteiger partial charge in [-0.05, 0) is 37.0 Å². The number of hydrogen-bond donors (Lipinski definition) is 0. The first-order chi connectivity index (χ1) is 15.1. The first kappa shape index (κ1) is 21.2. The lowest BCUT2D eigenvalue weighted by Gasteiger charge is -2.34. The molecule has 0 unspecified atom stereocenters. The van der Waals surface area contributed by atoms with Gasteiger partial charge in [0.2, 0.25) is 5.91 Å². The molecule has 31 heavy (non-hydrogen) atoms. The predicted octanol–water partition coefficient (Wildman–Crippen LogP) is 3.22. The van der Waals surface area contributed by atoms with Crippen LogP contribution in [0.2, 0.25) is 0 Å². The molecular formula is C23H29N3O5. The molecule has 2 amide bonds. The number of benzene rings is 1. The van der Waals surface area contributed by atoms with Crippen LogP contribution in [0.15, 0.2) is 28.8 Å². The molecule has 2 fully saturated rings. The first-order valence-corrected chi connectivity index (χ1v) is 10.8. The largest absolute Gasteiger partial charge is 0.497 e. The van der Waals surface area contributed by atoms with Crippen molar-refractivity contribution in [1.82, 2.24) is 15.0 Å². The molecule has 0 spiro atoms. The van der Waals surface area contributed by atoms with Gasteiger partial charge in [-0.25, -0.2) is 0 Å². The normalized spacial score (nSPS) is 17.1. The highest BCUT2D eigenvalue weighted by atomic mass is 16.5. The van der Waals surface area contributed by atoms with Crippen molar-refractivity contribution in [2.24, 2.45) is 5.92 Å². The molecule has 166 valence electrons. The number of piperazine rings is 1. The molecule has 0 radical (unpaired) electrons.